The first-order valence-corrected chi connectivity index (χ1v) is 13.9. The van der Waals surface area contributed by atoms with Crippen molar-refractivity contribution in [1.29, 1.82) is 0 Å². The topological polar surface area (TPSA) is 84.5 Å². The van der Waals surface area contributed by atoms with Gasteiger partial charge in [-0.25, -0.2) is 8.42 Å². The maximum atomic E-state index is 13.3. The Balaban J connectivity index is 1.62. The lowest BCUT2D eigenvalue weighted by atomic mass is 9.83. The lowest BCUT2D eigenvalue weighted by Crippen LogP contribution is -2.44. The van der Waals surface area contributed by atoms with Crippen molar-refractivity contribution >= 4 is 33.2 Å². The highest BCUT2D eigenvalue weighted by Crippen LogP contribution is 2.42. The highest BCUT2D eigenvalue weighted by atomic mass is 35.5. The van der Waals surface area contributed by atoms with E-state index in [-0.39, 0.29) is 33.0 Å². The number of fused-ring (bicyclic) bond motifs is 1. The van der Waals surface area contributed by atoms with E-state index in [1.165, 1.54) is 18.2 Å². The maximum absolute atomic E-state index is 13.3. The van der Waals surface area contributed by atoms with Gasteiger partial charge < -0.3 is 10.1 Å². The van der Waals surface area contributed by atoms with Gasteiger partial charge in [0.05, 0.1) is 16.8 Å². The van der Waals surface area contributed by atoms with E-state index < -0.39 is 10.0 Å². The number of hydrogen-bond acceptors (Lipinski definition) is 4. The van der Waals surface area contributed by atoms with E-state index in [1.54, 1.807) is 6.07 Å². The number of amides is 1. The van der Waals surface area contributed by atoms with Crippen molar-refractivity contribution in [3.63, 3.8) is 0 Å². The zero-order valence-corrected chi connectivity index (χ0v) is 22.5. The molecule has 1 aliphatic rings. The summed E-state index contributed by atoms with van der Waals surface area (Å²) in [6, 6.07) is 17.1. The number of aryl methyl sites for hydroxylation is 2. The molecule has 6 nitrogen and oxygen atoms in total. The van der Waals surface area contributed by atoms with Gasteiger partial charge in [-0.05, 0) is 62.6 Å². The number of rotatable bonds is 7. The summed E-state index contributed by atoms with van der Waals surface area (Å²) in [7, 11) is -4.03. The third kappa shape index (κ3) is 5.22. The average Bonchev–Trinajstić information content (AvgIpc) is 2.85. The van der Waals surface area contributed by atoms with Crippen LogP contribution in [0.25, 0.3) is 0 Å². The third-order valence-electron chi connectivity index (χ3n) is 6.90. The van der Waals surface area contributed by atoms with E-state index in [2.05, 4.69) is 23.9 Å². The third-order valence-corrected chi connectivity index (χ3v) is 8.75. The monoisotopic (exact) mass is 526 g/mol. The van der Waals surface area contributed by atoms with Crippen LogP contribution in [0.2, 0.25) is 5.02 Å². The number of hydrogen-bond donors (Lipinski definition) is 2. The van der Waals surface area contributed by atoms with Crippen LogP contribution >= 0.6 is 11.6 Å². The molecule has 8 heteroatoms. The van der Waals surface area contributed by atoms with Crippen LogP contribution in [0.4, 0.5) is 5.69 Å². The Morgan fingerprint density at radius 3 is 2.47 bits per heavy atom. The number of sulfonamides is 1. The summed E-state index contributed by atoms with van der Waals surface area (Å²) in [5, 5.41) is 3.14. The maximum Gasteiger partial charge on any atom is 0.263 e. The number of halogens is 1. The fourth-order valence-electron chi connectivity index (χ4n) is 4.65. The molecule has 2 N–H and O–H groups in total. The molecule has 0 radical (unpaired) electrons. The summed E-state index contributed by atoms with van der Waals surface area (Å²) in [6.07, 6.45) is 2.23. The van der Waals surface area contributed by atoms with Crippen molar-refractivity contribution in [3.05, 3.63) is 87.9 Å². The van der Waals surface area contributed by atoms with Crippen LogP contribution in [0.5, 0.6) is 5.75 Å². The minimum Gasteiger partial charge on any atom is -0.487 e. The molecule has 1 unspecified atom stereocenters. The van der Waals surface area contributed by atoms with Gasteiger partial charge in [0.25, 0.3) is 15.9 Å². The summed E-state index contributed by atoms with van der Waals surface area (Å²) < 4.78 is 35.3. The first-order chi connectivity index (χ1) is 17.1. The lowest BCUT2D eigenvalue weighted by molar-refractivity contribution is 0.0227. The Morgan fingerprint density at radius 2 is 1.78 bits per heavy atom. The fraction of sp³-hybridized carbons (Fsp3) is 0.321. The summed E-state index contributed by atoms with van der Waals surface area (Å²) in [4.78, 5) is 13.2. The van der Waals surface area contributed by atoms with Gasteiger partial charge in [-0.2, -0.15) is 0 Å². The van der Waals surface area contributed by atoms with Crippen LogP contribution in [0, 0.1) is 13.8 Å². The Bertz CT molecular complexity index is 1400. The molecule has 3 aromatic rings. The molecule has 0 fully saturated rings. The fourth-order valence-corrected chi connectivity index (χ4v) is 6.31. The average molecular weight is 527 g/mol. The van der Waals surface area contributed by atoms with Crippen LogP contribution in [0.15, 0.2) is 65.6 Å². The minimum atomic E-state index is -4.03. The summed E-state index contributed by atoms with van der Waals surface area (Å²) >= 11 is 6.28. The van der Waals surface area contributed by atoms with E-state index in [0.29, 0.717) is 12.1 Å². The first-order valence-electron chi connectivity index (χ1n) is 12.1. The van der Waals surface area contributed by atoms with Gasteiger partial charge in [0.2, 0.25) is 0 Å². The van der Waals surface area contributed by atoms with E-state index in [4.69, 9.17) is 16.3 Å². The van der Waals surface area contributed by atoms with E-state index in [0.717, 1.165) is 35.3 Å². The predicted octanol–water partition coefficient (Wildman–Crippen LogP) is 6.57. The standard InChI is InChI=1S/C28H31ClN2O4S/c1-5-28(6-2)17-24(21-9-7-8-10-25(21)35-28)30-27(32)20-12-13-22(29)26(16-20)36(33,34)31-23-14-11-18(3)15-19(23)4/h7-16,24,31H,5-6,17H2,1-4H3,(H,30,32). The van der Waals surface area contributed by atoms with Crippen molar-refractivity contribution in [1.82, 2.24) is 5.32 Å². The highest BCUT2D eigenvalue weighted by molar-refractivity contribution is 7.92. The normalized spacial score (nSPS) is 16.5. The van der Waals surface area contributed by atoms with Gasteiger partial charge in [0.1, 0.15) is 16.2 Å². The second-order valence-electron chi connectivity index (χ2n) is 9.33. The number of nitrogens with one attached hydrogen (secondary N) is 2. The molecular weight excluding hydrogens is 496 g/mol. The molecule has 36 heavy (non-hydrogen) atoms. The van der Waals surface area contributed by atoms with E-state index >= 15 is 0 Å². The summed E-state index contributed by atoms with van der Waals surface area (Å²) in [6.45, 7) is 7.92. The number of carbonyl (C=O) groups excluding carboxylic acids is 1. The quantitative estimate of drug-likeness (QED) is 0.364. The van der Waals surface area contributed by atoms with Gasteiger partial charge in [-0.15, -0.1) is 0 Å². The molecule has 1 atom stereocenters. The van der Waals surface area contributed by atoms with Crippen molar-refractivity contribution in [2.24, 2.45) is 0 Å². The molecule has 0 bridgehead atoms. The molecule has 0 saturated carbocycles. The number of anilines is 1. The van der Waals surface area contributed by atoms with Crippen molar-refractivity contribution in [2.75, 3.05) is 4.72 Å². The van der Waals surface area contributed by atoms with Crippen LogP contribution in [-0.4, -0.2) is 19.9 Å². The number of benzene rings is 3. The van der Waals surface area contributed by atoms with Crippen LogP contribution in [-0.2, 0) is 10.0 Å². The van der Waals surface area contributed by atoms with Crippen LogP contribution in [0.1, 0.15) is 66.2 Å². The summed E-state index contributed by atoms with van der Waals surface area (Å²) in [5.41, 5.74) is 3.01. The van der Waals surface area contributed by atoms with Gasteiger partial charge >= 0.3 is 0 Å². The molecule has 0 saturated heterocycles. The molecular formula is C28H31ClN2O4S. The predicted molar refractivity (Wildman–Crippen MR) is 143 cm³/mol. The molecule has 1 heterocycles. The molecule has 4 rings (SSSR count). The zero-order valence-electron chi connectivity index (χ0n) is 20.9. The second kappa shape index (κ2) is 10.1. The first kappa shape index (κ1) is 26.0. The Kier molecular flexibility index (Phi) is 7.34. The molecule has 1 amide bonds. The largest absolute Gasteiger partial charge is 0.487 e. The Labute approximate surface area is 218 Å². The molecule has 0 aliphatic carbocycles. The molecule has 0 aromatic heterocycles. The van der Waals surface area contributed by atoms with Crippen molar-refractivity contribution < 1.29 is 17.9 Å². The van der Waals surface area contributed by atoms with Crippen LogP contribution in [0.3, 0.4) is 0 Å². The highest BCUT2D eigenvalue weighted by Gasteiger charge is 2.39. The second-order valence-corrected chi connectivity index (χ2v) is 11.4. The van der Waals surface area contributed by atoms with Gasteiger partial charge in [-0.1, -0.05) is 61.3 Å². The van der Waals surface area contributed by atoms with Gasteiger partial charge in [0.15, 0.2) is 0 Å². The van der Waals surface area contributed by atoms with E-state index in [1.807, 2.05) is 50.2 Å². The Hall–Kier alpha value is -3.03. The lowest BCUT2D eigenvalue weighted by Gasteiger charge is -2.41. The number of ether oxygens (including phenoxy) is 1. The Morgan fingerprint density at radius 1 is 1.06 bits per heavy atom. The zero-order chi connectivity index (χ0) is 26.1. The molecule has 190 valence electrons. The van der Waals surface area contributed by atoms with Gasteiger partial charge in [0, 0.05) is 17.5 Å². The minimum absolute atomic E-state index is 0.0382. The van der Waals surface area contributed by atoms with Gasteiger partial charge in [-0.3, -0.25) is 9.52 Å². The van der Waals surface area contributed by atoms with Crippen LogP contribution < -0.4 is 14.8 Å². The number of carbonyl (C=O) groups is 1. The molecule has 1 aliphatic heterocycles. The smallest absolute Gasteiger partial charge is 0.263 e. The molecule has 3 aromatic carbocycles. The van der Waals surface area contributed by atoms with E-state index in [9.17, 15) is 13.2 Å². The SMILES string of the molecule is CCC1(CC)CC(NC(=O)c2ccc(Cl)c(S(=O)(=O)Nc3ccc(C)cc3C)c2)c2ccccc2O1. The summed E-state index contributed by atoms with van der Waals surface area (Å²) in [5.74, 6) is 0.382. The van der Waals surface area contributed by atoms with Crippen molar-refractivity contribution in [3.8, 4) is 5.75 Å². The number of para-hydroxylation sites is 1. The van der Waals surface area contributed by atoms with Crippen molar-refractivity contribution in [2.45, 2.75) is 63.5 Å². The molecule has 0 spiro atoms.